The van der Waals surface area contributed by atoms with Crippen molar-refractivity contribution in [1.29, 1.82) is 0 Å². The third-order valence-electron chi connectivity index (χ3n) is 3.01. The van der Waals surface area contributed by atoms with Crippen molar-refractivity contribution >= 4 is 11.9 Å². The number of rotatable bonds is 3. The van der Waals surface area contributed by atoms with Gasteiger partial charge in [-0.3, -0.25) is 0 Å². The van der Waals surface area contributed by atoms with Crippen molar-refractivity contribution in [2.75, 3.05) is 24.7 Å². The highest BCUT2D eigenvalue weighted by Gasteiger charge is 2.15. The molecule has 0 atom stereocenters. The van der Waals surface area contributed by atoms with Crippen LogP contribution in [0.4, 0.5) is 11.9 Å². The minimum Gasteiger partial charge on any atom is -0.368 e. The largest absolute Gasteiger partial charge is 0.368 e. The van der Waals surface area contributed by atoms with E-state index < -0.39 is 0 Å². The zero-order valence-corrected chi connectivity index (χ0v) is 12.0. The summed E-state index contributed by atoms with van der Waals surface area (Å²) in [4.78, 5) is 14.4. The first-order chi connectivity index (χ1) is 8.93. The van der Waals surface area contributed by atoms with Gasteiger partial charge < -0.3 is 10.6 Å². The van der Waals surface area contributed by atoms with Gasteiger partial charge >= 0.3 is 0 Å². The molecule has 0 aromatic carbocycles. The van der Waals surface area contributed by atoms with E-state index in [9.17, 15) is 0 Å². The maximum atomic E-state index is 5.73. The monoisotopic (exact) mass is 261 g/mol. The molecule has 2 aromatic rings. The van der Waals surface area contributed by atoms with Gasteiger partial charge in [0.15, 0.2) is 0 Å². The molecule has 0 saturated heterocycles. The Morgan fingerprint density at radius 3 is 2.37 bits per heavy atom. The average molecular weight is 261 g/mol. The number of anilines is 2. The Hall–Kier alpha value is -2.18. The summed E-state index contributed by atoms with van der Waals surface area (Å²) in [5, 5.41) is 4.48. The molecule has 19 heavy (non-hydrogen) atoms. The molecule has 0 unspecified atom stereocenters. The number of nitrogens with two attached hydrogens (primary N) is 1. The van der Waals surface area contributed by atoms with E-state index in [1.807, 2.05) is 27.9 Å². The topological polar surface area (TPSA) is 85.8 Å². The lowest BCUT2D eigenvalue weighted by molar-refractivity contribution is 0.761. The molecule has 7 nitrogen and oxygen atoms in total. The van der Waals surface area contributed by atoms with Crippen molar-refractivity contribution in [3.63, 3.8) is 0 Å². The number of hydrogen-bond donors (Lipinski definition) is 1. The lowest BCUT2D eigenvalue weighted by Gasteiger charge is -2.11. The summed E-state index contributed by atoms with van der Waals surface area (Å²) in [6, 6.07) is 0. The molecule has 7 heteroatoms. The lowest BCUT2D eigenvalue weighted by atomic mass is 10.1. The van der Waals surface area contributed by atoms with Gasteiger partial charge in [0.25, 0.3) is 5.95 Å². The first kappa shape index (κ1) is 13.3. The van der Waals surface area contributed by atoms with Crippen LogP contribution in [0.25, 0.3) is 5.95 Å². The van der Waals surface area contributed by atoms with Crippen LogP contribution in [0.15, 0.2) is 0 Å². The van der Waals surface area contributed by atoms with Crippen LogP contribution in [-0.4, -0.2) is 38.8 Å². The van der Waals surface area contributed by atoms with Gasteiger partial charge in [-0.15, -0.1) is 0 Å². The predicted molar refractivity (Wildman–Crippen MR) is 74.5 cm³/mol. The Kier molecular flexibility index (Phi) is 3.37. The van der Waals surface area contributed by atoms with Gasteiger partial charge in [-0.05, 0) is 25.8 Å². The van der Waals surface area contributed by atoms with Crippen molar-refractivity contribution in [2.24, 2.45) is 0 Å². The Balaban J connectivity index is 2.59. The SMILES string of the molecule is CCc1c(C)nn(-c2nc(N)nc(N(C)C)n2)c1C. The fourth-order valence-electron chi connectivity index (χ4n) is 2.05. The highest BCUT2D eigenvalue weighted by atomic mass is 15.4. The molecule has 0 fully saturated rings. The Labute approximate surface area is 112 Å². The minimum absolute atomic E-state index is 0.194. The van der Waals surface area contributed by atoms with Gasteiger partial charge in [0.1, 0.15) is 0 Å². The van der Waals surface area contributed by atoms with Crippen LogP contribution in [0.2, 0.25) is 0 Å². The molecule has 0 amide bonds. The van der Waals surface area contributed by atoms with Crippen LogP contribution in [0.3, 0.4) is 0 Å². The van der Waals surface area contributed by atoms with Crippen LogP contribution >= 0.6 is 0 Å². The summed E-state index contributed by atoms with van der Waals surface area (Å²) in [5.74, 6) is 1.17. The first-order valence-corrected chi connectivity index (χ1v) is 6.18. The van der Waals surface area contributed by atoms with E-state index in [-0.39, 0.29) is 5.95 Å². The van der Waals surface area contributed by atoms with Gasteiger partial charge in [-0.1, -0.05) is 6.92 Å². The number of hydrogen-bond acceptors (Lipinski definition) is 6. The molecule has 0 aliphatic rings. The number of nitrogens with zero attached hydrogens (tertiary/aromatic N) is 6. The molecule has 0 aliphatic carbocycles. The molecule has 2 N–H and O–H groups in total. The second-order valence-electron chi connectivity index (χ2n) is 4.60. The van der Waals surface area contributed by atoms with Crippen molar-refractivity contribution in [2.45, 2.75) is 27.2 Å². The number of nitrogen functional groups attached to an aromatic ring is 1. The lowest BCUT2D eigenvalue weighted by Crippen LogP contribution is -2.17. The summed E-state index contributed by atoms with van der Waals surface area (Å²) in [6.45, 7) is 6.10. The van der Waals surface area contributed by atoms with Gasteiger partial charge in [0.2, 0.25) is 11.9 Å². The average Bonchev–Trinajstić information content (AvgIpc) is 2.63. The summed E-state index contributed by atoms with van der Waals surface area (Å²) >= 11 is 0. The van der Waals surface area contributed by atoms with Crippen molar-refractivity contribution in [1.82, 2.24) is 24.7 Å². The zero-order valence-electron chi connectivity index (χ0n) is 12.0. The molecule has 0 radical (unpaired) electrons. The fraction of sp³-hybridized carbons (Fsp3) is 0.500. The zero-order chi connectivity index (χ0) is 14.2. The van der Waals surface area contributed by atoms with Crippen molar-refractivity contribution in [3.05, 3.63) is 17.0 Å². The van der Waals surface area contributed by atoms with Gasteiger partial charge in [-0.25, -0.2) is 4.68 Å². The minimum atomic E-state index is 0.194. The molecule has 0 spiro atoms. The third-order valence-corrected chi connectivity index (χ3v) is 3.01. The predicted octanol–water partition coefficient (Wildman–Crippen LogP) is 0.885. The maximum Gasteiger partial charge on any atom is 0.257 e. The van der Waals surface area contributed by atoms with Crippen LogP contribution in [-0.2, 0) is 6.42 Å². The van der Waals surface area contributed by atoms with Crippen LogP contribution in [0.1, 0.15) is 23.9 Å². The maximum absolute atomic E-state index is 5.73. The highest BCUT2D eigenvalue weighted by Crippen LogP contribution is 2.17. The van der Waals surface area contributed by atoms with Crippen molar-refractivity contribution < 1.29 is 0 Å². The molecular formula is C12H19N7. The van der Waals surface area contributed by atoms with E-state index in [4.69, 9.17) is 5.73 Å². The Bertz CT molecular complexity index is 600. The highest BCUT2D eigenvalue weighted by molar-refractivity contribution is 5.38. The molecule has 0 saturated carbocycles. The van der Waals surface area contributed by atoms with Gasteiger partial charge in [0, 0.05) is 19.8 Å². The van der Waals surface area contributed by atoms with E-state index in [1.165, 1.54) is 5.56 Å². The molecule has 0 aliphatic heterocycles. The quantitative estimate of drug-likeness (QED) is 0.883. The molecular weight excluding hydrogens is 242 g/mol. The van der Waals surface area contributed by atoms with E-state index in [1.54, 1.807) is 9.58 Å². The summed E-state index contributed by atoms with van der Waals surface area (Å²) in [7, 11) is 3.72. The van der Waals surface area contributed by atoms with E-state index >= 15 is 0 Å². The summed E-state index contributed by atoms with van der Waals surface area (Å²) in [5.41, 5.74) is 8.97. The Morgan fingerprint density at radius 1 is 1.16 bits per heavy atom. The van der Waals surface area contributed by atoms with Crippen LogP contribution < -0.4 is 10.6 Å². The molecule has 2 aromatic heterocycles. The molecule has 2 heterocycles. The van der Waals surface area contributed by atoms with Crippen molar-refractivity contribution in [3.8, 4) is 5.95 Å². The number of aryl methyl sites for hydroxylation is 1. The second kappa shape index (κ2) is 4.83. The van der Waals surface area contributed by atoms with Crippen LogP contribution in [0.5, 0.6) is 0 Å². The van der Waals surface area contributed by atoms with E-state index in [0.29, 0.717) is 11.9 Å². The Morgan fingerprint density at radius 2 is 1.84 bits per heavy atom. The third kappa shape index (κ3) is 2.35. The van der Waals surface area contributed by atoms with E-state index in [2.05, 4.69) is 27.0 Å². The summed E-state index contributed by atoms with van der Waals surface area (Å²) in [6.07, 6.45) is 0.929. The molecule has 102 valence electrons. The van der Waals surface area contributed by atoms with Gasteiger partial charge in [-0.2, -0.15) is 20.1 Å². The summed E-state index contributed by atoms with van der Waals surface area (Å²) < 4.78 is 1.72. The molecule has 2 rings (SSSR count). The first-order valence-electron chi connectivity index (χ1n) is 6.18. The molecule has 0 bridgehead atoms. The number of aromatic nitrogens is 5. The standard InChI is InChI=1S/C12H19N7/c1-6-9-7(2)17-19(8(9)3)12-15-10(13)14-11(16-12)18(4)5/h6H2,1-5H3,(H2,13,14,15,16). The second-order valence-corrected chi connectivity index (χ2v) is 4.60. The fourth-order valence-corrected chi connectivity index (χ4v) is 2.05. The van der Waals surface area contributed by atoms with Crippen LogP contribution in [0, 0.1) is 13.8 Å². The van der Waals surface area contributed by atoms with Gasteiger partial charge in [0.05, 0.1) is 5.69 Å². The normalized spacial score (nSPS) is 10.8. The smallest absolute Gasteiger partial charge is 0.257 e. The van der Waals surface area contributed by atoms with E-state index in [0.717, 1.165) is 17.8 Å².